The molecule has 1 N–H and O–H groups in total. The highest BCUT2D eigenvalue weighted by Crippen LogP contribution is 2.58. The maximum absolute atomic E-state index is 13.5. The SMILES string of the molecule is CC(C)(C)OC(=O)N(CC1(C(F)(F)F)CC1)c1ncc(-c2ccc(Br)cc2)[nH]1. The molecule has 0 unspecified atom stereocenters. The Balaban J connectivity index is 1.91. The van der Waals surface area contributed by atoms with Gasteiger partial charge in [0.15, 0.2) is 0 Å². The molecule has 3 rings (SSSR count). The van der Waals surface area contributed by atoms with Crippen LogP contribution in [0, 0.1) is 5.41 Å². The van der Waals surface area contributed by atoms with Crippen molar-refractivity contribution in [2.24, 2.45) is 5.41 Å². The van der Waals surface area contributed by atoms with E-state index in [-0.39, 0.29) is 18.8 Å². The number of rotatable bonds is 4. The first-order valence-corrected chi connectivity index (χ1v) is 9.58. The average molecular weight is 460 g/mol. The minimum Gasteiger partial charge on any atom is -0.443 e. The summed E-state index contributed by atoms with van der Waals surface area (Å²) in [4.78, 5) is 20.7. The topological polar surface area (TPSA) is 58.2 Å². The second-order valence-electron chi connectivity index (χ2n) is 7.97. The van der Waals surface area contributed by atoms with E-state index in [2.05, 4.69) is 25.9 Å². The van der Waals surface area contributed by atoms with E-state index in [4.69, 9.17) is 4.74 Å². The van der Waals surface area contributed by atoms with Gasteiger partial charge in [0.05, 0.1) is 17.3 Å². The number of nitrogens with zero attached hydrogens (tertiary/aromatic N) is 2. The van der Waals surface area contributed by atoms with Crippen LogP contribution in [0.4, 0.5) is 23.9 Å². The number of hydrogen-bond donors (Lipinski definition) is 1. The van der Waals surface area contributed by atoms with Crippen LogP contribution >= 0.6 is 15.9 Å². The van der Waals surface area contributed by atoms with Gasteiger partial charge in [0.25, 0.3) is 0 Å². The Bertz CT molecular complexity index is 853. The quantitative estimate of drug-likeness (QED) is 0.616. The number of ether oxygens (including phenoxy) is 1. The van der Waals surface area contributed by atoms with Crippen molar-refractivity contribution in [3.8, 4) is 11.3 Å². The van der Waals surface area contributed by atoms with Gasteiger partial charge in [0, 0.05) is 11.0 Å². The van der Waals surface area contributed by atoms with Crippen molar-refractivity contribution >= 4 is 28.0 Å². The van der Waals surface area contributed by atoms with Gasteiger partial charge < -0.3 is 9.72 Å². The van der Waals surface area contributed by atoms with Crippen molar-refractivity contribution in [3.05, 3.63) is 34.9 Å². The molecule has 0 bridgehead atoms. The van der Waals surface area contributed by atoms with Crippen molar-refractivity contribution < 1.29 is 22.7 Å². The molecule has 0 saturated heterocycles. The fourth-order valence-electron chi connectivity index (χ4n) is 2.75. The molecule has 1 heterocycles. The summed E-state index contributed by atoms with van der Waals surface area (Å²) in [6.45, 7) is 4.46. The number of H-pyrrole nitrogens is 1. The monoisotopic (exact) mass is 459 g/mol. The van der Waals surface area contributed by atoms with E-state index in [0.717, 1.165) is 14.9 Å². The van der Waals surface area contributed by atoms with E-state index < -0.39 is 29.8 Å². The molecule has 1 aromatic heterocycles. The second kappa shape index (κ2) is 7.09. The van der Waals surface area contributed by atoms with E-state index in [0.29, 0.717) is 5.69 Å². The van der Waals surface area contributed by atoms with E-state index in [1.807, 2.05) is 24.3 Å². The maximum Gasteiger partial charge on any atom is 0.417 e. The molecule has 1 saturated carbocycles. The van der Waals surface area contributed by atoms with Gasteiger partial charge in [-0.15, -0.1) is 0 Å². The summed E-state index contributed by atoms with van der Waals surface area (Å²) in [6, 6.07) is 7.34. The Morgan fingerprint density at radius 2 is 1.86 bits per heavy atom. The number of amides is 1. The average Bonchev–Trinajstić information content (AvgIpc) is 3.21. The summed E-state index contributed by atoms with van der Waals surface area (Å²) in [6.07, 6.45) is -3.80. The number of aromatic nitrogens is 2. The summed E-state index contributed by atoms with van der Waals surface area (Å²) in [7, 11) is 0. The number of benzene rings is 1. The molecule has 28 heavy (non-hydrogen) atoms. The highest BCUT2D eigenvalue weighted by atomic mass is 79.9. The number of aromatic amines is 1. The predicted octanol–water partition coefficient (Wildman–Crippen LogP) is 5.92. The normalized spacial score (nSPS) is 16.0. The van der Waals surface area contributed by atoms with E-state index in [9.17, 15) is 18.0 Å². The van der Waals surface area contributed by atoms with Gasteiger partial charge in [-0.1, -0.05) is 28.1 Å². The van der Waals surface area contributed by atoms with Crippen LogP contribution in [0.3, 0.4) is 0 Å². The molecule has 0 aliphatic heterocycles. The van der Waals surface area contributed by atoms with E-state index >= 15 is 0 Å². The predicted molar refractivity (Wildman–Crippen MR) is 103 cm³/mol. The lowest BCUT2D eigenvalue weighted by atomic mass is 10.1. The van der Waals surface area contributed by atoms with Crippen LogP contribution < -0.4 is 4.90 Å². The zero-order valence-electron chi connectivity index (χ0n) is 15.7. The zero-order valence-corrected chi connectivity index (χ0v) is 17.3. The second-order valence-corrected chi connectivity index (χ2v) is 8.89. The number of nitrogens with one attached hydrogen (secondary N) is 1. The Kier molecular flexibility index (Phi) is 5.24. The van der Waals surface area contributed by atoms with Crippen molar-refractivity contribution in [2.45, 2.75) is 45.4 Å². The fraction of sp³-hybridized carbons (Fsp3) is 0.474. The van der Waals surface area contributed by atoms with Crippen LogP contribution in [0.15, 0.2) is 34.9 Å². The number of imidazole rings is 1. The summed E-state index contributed by atoms with van der Waals surface area (Å²) in [5.74, 6) is 0.0303. The smallest absolute Gasteiger partial charge is 0.417 e. The van der Waals surface area contributed by atoms with Gasteiger partial charge in [-0.2, -0.15) is 13.2 Å². The van der Waals surface area contributed by atoms with E-state index in [1.54, 1.807) is 20.8 Å². The lowest BCUT2D eigenvalue weighted by molar-refractivity contribution is -0.183. The first kappa shape index (κ1) is 20.7. The van der Waals surface area contributed by atoms with Crippen molar-refractivity contribution in [1.29, 1.82) is 0 Å². The van der Waals surface area contributed by atoms with Crippen molar-refractivity contribution in [3.63, 3.8) is 0 Å². The largest absolute Gasteiger partial charge is 0.443 e. The highest BCUT2D eigenvalue weighted by molar-refractivity contribution is 9.10. The Morgan fingerprint density at radius 1 is 1.25 bits per heavy atom. The third-order valence-electron chi connectivity index (χ3n) is 4.50. The molecule has 2 aromatic rings. The van der Waals surface area contributed by atoms with Gasteiger partial charge in [-0.3, -0.25) is 0 Å². The van der Waals surface area contributed by atoms with Gasteiger partial charge in [-0.25, -0.2) is 14.7 Å². The summed E-state index contributed by atoms with van der Waals surface area (Å²) < 4.78 is 46.6. The van der Waals surface area contributed by atoms with Crippen LogP contribution in [0.2, 0.25) is 0 Å². The lowest BCUT2D eigenvalue weighted by Crippen LogP contribution is -2.44. The highest BCUT2D eigenvalue weighted by Gasteiger charge is 2.64. The molecule has 9 heteroatoms. The Morgan fingerprint density at radius 3 is 2.36 bits per heavy atom. The number of carbonyl (C=O) groups excluding carboxylic acids is 1. The minimum atomic E-state index is -4.39. The standard InChI is InChI=1S/C19H21BrF3N3O2/c1-17(2,3)28-16(27)26(11-18(8-9-18)19(21,22)23)15-24-10-14(25-15)12-4-6-13(20)7-5-12/h4-7,10H,8-9,11H2,1-3H3,(H,24,25). The number of halogens is 4. The van der Waals surface area contributed by atoms with Crippen LogP contribution in [-0.4, -0.2) is 34.4 Å². The first-order chi connectivity index (χ1) is 12.9. The molecule has 1 aromatic carbocycles. The molecule has 0 radical (unpaired) electrons. The lowest BCUT2D eigenvalue weighted by Gasteiger charge is -2.29. The summed E-state index contributed by atoms with van der Waals surface area (Å²) in [5, 5.41) is 0. The summed E-state index contributed by atoms with van der Waals surface area (Å²) in [5.41, 5.74) is -1.36. The zero-order chi connectivity index (χ0) is 20.7. The molecular formula is C19H21BrF3N3O2. The van der Waals surface area contributed by atoms with Crippen LogP contribution in [-0.2, 0) is 4.74 Å². The third-order valence-corrected chi connectivity index (χ3v) is 5.03. The molecule has 0 atom stereocenters. The van der Waals surface area contributed by atoms with Crippen LogP contribution in [0.5, 0.6) is 0 Å². The molecule has 5 nitrogen and oxygen atoms in total. The fourth-order valence-corrected chi connectivity index (χ4v) is 3.02. The van der Waals surface area contributed by atoms with E-state index in [1.165, 1.54) is 6.20 Å². The first-order valence-electron chi connectivity index (χ1n) is 8.78. The van der Waals surface area contributed by atoms with Crippen LogP contribution in [0.25, 0.3) is 11.3 Å². The molecule has 0 spiro atoms. The number of anilines is 1. The summed E-state index contributed by atoms with van der Waals surface area (Å²) >= 11 is 3.35. The van der Waals surface area contributed by atoms with Gasteiger partial charge in [-0.05, 0) is 51.3 Å². The van der Waals surface area contributed by atoms with Gasteiger partial charge >= 0.3 is 12.3 Å². The molecular weight excluding hydrogens is 439 g/mol. The number of alkyl halides is 3. The van der Waals surface area contributed by atoms with Crippen LogP contribution in [0.1, 0.15) is 33.6 Å². The van der Waals surface area contributed by atoms with Gasteiger partial charge in [0.1, 0.15) is 5.60 Å². The van der Waals surface area contributed by atoms with Gasteiger partial charge in [0.2, 0.25) is 5.95 Å². The maximum atomic E-state index is 13.5. The molecule has 1 aliphatic rings. The molecule has 152 valence electrons. The van der Waals surface area contributed by atoms with Crippen molar-refractivity contribution in [1.82, 2.24) is 9.97 Å². The molecule has 1 aliphatic carbocycles. The Hall–Kier alpha value is -2.03. The van der Waals surface area contributed by atoms with Crippen molar-refractivity contribution in [2.75, 3.05) is 11.4 Å². The molecule has 1 amide bonds. The minimum absolute atomic E-state index is 0.0178. The molecule has 1 fully saturated rings. The number of carbonyl (C=O) groups is 1. The number of hydrogen-bond acceptors (Lipinski definition) is 3. The Labute approximate surface area is 169 Å². The third kappa shape index (κ3) is 4.51.